The second kappa shape index (κ2) is 10.9. The van der Waals surface area contributed by atoms with Crippen LogP contribution in [0.3, 0.4) is 0 Å². The number of ether oxygens (including phenoxy) is 1. The van der Waals surface area contributed by atoms with E-state index in [1.165, 1.54) is 9.21 Å². The number of rotatable bonds is 9. The fourth-order valence-electron chi connectivity index (χ4n) is 3.40. The molecule has 0 radical (unpaired) electrons. The number of carbonyl (C=O) groups excluding carboxylic acids is 2. The van der Waals surface area contributed by atoms with E-state index < -0.39 is 16.0 Å². The van der Waals surface area contributed by atoms with Crippen LogP contribution in [0.15, 0.2) is 46.0 Å². The summed E-state index contributed by atoms with van der Waals surface area (Å²) in [5.74, 6) is -0.714. The maximum atomic E-state index is 12.7. The van der Waals surface area contributed by atoms with E-state index in [0.29, 0.717) is 26.1 Å². The van der Waals surface area contributed by atoms with E-state index >= 15 is 0 Å². The number of sulfonamides is 1. The van der Waals surface area contributed by atoms with Crippen LogP contribution in [0, 0.1) is 0 Å². The van der Waals surface area contributed by atoms with Crippen LogP contribution in [0.25, 0.3) is 0 Å². The molecule has 0 saturated carbocycles. The van der Waals surface area contributed by atoms with Crippen molar-refractivity contribution in [1.29, 1.82) is 0 Å². The van der Waals surface area contributed by atoms with Crippen LogP contribution in [0.4, 0.5) is 0 Å². The predicted molar refractivity (Wildman–Crippen MR) is 119 cm³/mol. The molecule has 1 aromatic carbocycles. The molecule has 1 aliphatic rings. The Morgan fingerprint density at radius 2 is 1.77 bits per heavy atom. The molecule has 0 atom stereocenters. The van der Waals surface area contributed by atoms with Gasteiger partial charge in [-0.1, -0.05) is 18.6 Å². The molecule has 0 unspecified atom stereocenters. The molecule has 0 aliphatic carbocycles. The lowest BCUT2D eigenvalue weighted by molar-refractivity contribution is -0.151. The van der Waals surface area contributed by atoms with Gasteiger partial charge in [-0.2, -0.15) is 15.6 Å². The molecule has 1 aliphatic heterocycles. The first-order valence-corrected chi connectivity index (χ1v) is 12.7. The van der Waals surface area contributed by atoms with Gasteiger partial charge in [0.05, 0.1) is 4.90 Å². The average Bonchev–Trinajstić information content (AvgIpc) is 3.30. The Morgan fingerprint density at radius 1 is 1.06 bits per heavy atom. The molecule has 0 bridgehead atoms. The summed E-state index contributed by atoms with van der Waals surface area (Å²) < 4.78 is 32.0. The highest BCUT2D eigenvalue weighted by Crippen LogP contribution is 2.21. The number of esters is 1. The number of piperidine rings is 1. The predicted octanol–water partition coefficient (Wildman–Crippen LogP) is 3.06. The van der Waals surface area contributed by atoms with Crippen molar-refractivity contribution in [2.45, 2.75) is 43.5 Å². The Balaban J connectivity index is 1.43. The minimum atomic E-state index is -3.46. The number of benzene rings is 1. The Bertz CT molecular complexity index is 966. The topological polar surface area (TPSA) is 84.0 Å². The van der Waals surface area contributed by atoms with Gasteiger partial charge in [0.1, 0.15) is 0 Å². The minimum Gasteiger partial charge on any atom is -0.456 e. The van der Waals surface area contributed by atoms with E-state index in [1.54, 1.807) is 42.6 Å². The van der Waals surface area contributed by atoms with Gasteiger partial charge in [-0.15, -0.1) is 0 Å². The number of carbonyl (C=O) groups is 2. The summed E-state index contributed by atoms with van der Waals surface area (Å²) in [7, 11) is -1.78. The van der Waals surface area contributed by atoms with Crippen LogP contribution >= 0.6 is 11.3 Å². The number of hydrogen-bond acceptors (Lipinski definition) is 6. The van der Waals surface area contributed by atoms with Crippen LogP contribution in [0.5, 0.6) is 0 Å². The highest BCUT2D eigenvalue weighted by atomic mass is 32.2. The summed E-state index contributed by atoms with van der Waals surface area (Å²) in [4.78, 5) is 25.9. The number of amides is 1. The molecule has 31 heavy (non-hydrogen) atoms. The molecule has 2 aromatic rings. The van der Waals surface area contributed by atoms with Crippen molar-refractivity contribution in [1.82, 2.24) is 9.21 Å². The zero-order valence-electron chi connectivity index (χ0n) is 17.7. The van der Waals surface area contributed by atoms with Crippen molar-refractivity contribution >= 4 is 33.2 Å². The molecule has 168 valence electrons. The lowest BCUT2D eigenvalue weighted by Crippen LogP contribution is -2.35. The minimum absolute atomic E-state index is 0.125. The Hall–Kier alpha value is -2.23. The molecule has 9 heteroatoms. The van der Waals surface area contributed by atoms with Gasteiger partial charge in [-0.05, 0) is 59.3 Å². The van der Waals surface area contributed by atoms with Crippen LogP contribution in [-0.2, 0) is 37.3 Å². The average molecular weight is 465 g/mol. The first-order valence-electron chi connectivity index (χ1n) is 10.4. The maximum Gasteiger partial charge on any atom is 0.306 e. The number of nitrogens with zero attached hydrogens (tertiary/aromatic N) is 2. The monoisotopic (exact) mass is 464 g/mol. The molecular formula is C22H28N2O5S2. The fourth-order valence-corrected chi connectivity index (χ4v) is 5.57. The third-order valence-electron chi connectivity index (χ3n) is 5.28. The molecule has 0 N–H and O–H groups in total. The molecule has 3 rings (SSSR count). The number of hydrogen-bond donors (Lipinski definition) is 0. The summed E-state index contributed by atoms with van der Waals surface area (Å²) in [6.07, 6.45) is 3.40. The van der Waals surface area contributed by atoms with Gasteiger partial charge in [-0.25, -0.2) is 8.42 Å². The van der Waals surface area contributed by atoms with Gasteiger partial charge in [-0.3, -0.25) is 9.59 Å². The van der Waals surface area contributed by atoms with E-state index in [9.17, 15) is 18.0 Å². The van der Waals surface area contributed by atoms with Crippen molar-refractivity contribution in [3.8, 4) is 0 Å². The number of thiophene rings is 1. The Kier molecular flexibility index (Phi) is 8.22. The molecule has 1 saturated heterocycles. The summed E-state index contributed by atoms with van der Waals surface area (Å²) >= 11 is 1.57. The van der Waals surface area contributed by atoms with Gasteiger partial charge in [0.15, 0.2) is 6.61 Å². The molecule has 1 amide bonds. The highest BCUT2D eigenvalue weighted by Gasteiger charge is 2.25. The Morgan fingerprint density at radius 3 is 2.42 bits per heavy atom. The SMILES string of the molecule is CN(Cc1ccsc1)C(=O)COC(=O)CCc1ccc(S(=O)(=O)N2CCCCC2)cc1. The first kappa shape index (κ1) is 23.4. The van der Waals surface area contributed by atoms with Gasteiger partial charge < -0.3 is 9.64 Å². The van der Waals surface area contributed by atoms with Crippen LogP contribution < -0.4 is 0 Å². The van der Waals surface area contributed by atoms with Gasteiger partial charge in [0.2, 0.25) is 10.0 Å². The highest BCUT2D eigenvalue weighted by molar-refractivity contribution is 7.89. The largest absolute Gasteiger partial charge is 0.456 e. The molecular weight excluding hydrogens is 436 g/mol. The summed E-state index contributed by atoms with van der Waals surface area (Å²) in [6.45, 7) is 1.33. The smallest absolute Gasteiger partial charge is 0.306 e. The molecule has 1 aromatic heterocycles. The number of likely N-dealkylation sites (N-methyl/N-ethyl adjacent to an activating group) is 1. The lowest BCUT2D eigenvalue weighted by atomic mass is 10.1. The summed E-state index contributed by atoms with van der Waals surface area (Å²) in [5.41, 5.74) is 1.88. The van der Waals surface area contributed by atoms with E-state index in [4.69, 9.17) is 4.74 Å². The molecule has 2 heterocycles. The second-order valence-corrected chi connectivity index (χ2v) is 10.4. The van der Waals surface area contributed by atoms with Crippen LogP contribution in [0.1, 0.15) is 36.8 Å². The Labute approximate surface area is 187 Å². The normalized spacial score (nSPS) is 14.9. The maximum absolute atomic E-state index is 12.7. The van der Waals surface area contributed by atoms with Crippen molar-refractivity contribution in [2.75, 3.05) is 26.7 Å². The van der Waals surface area contributed by atoms with E-state index in [2.05, 4.69) is 0 Å². The van der Waals surface area contributed by atoms with E-state index in [1.807, 2.05) is 16.8 Å². The molecule has 7 nitrogen and oxygen atoms in total. The van der Waals surface area contributed by atoms with Crippen molar-refractivity contribution in [2.24, 2.45) is 0 Å². The van der Waals surface area contributed by atoms with Crippen LogP contribution in [-0.4, -0.2) is 56.2 Å². The third kappa shape index (κ3) is 6.62. The van der Waals surface area contributed by atoms with Crippen LogP contribution in [0.2, 0.25) is 0 Å². The first-order chi connectivity index (χ1) is 14.9. The number of aryl methyl sites for hydroxylation is 1. The molecule has 0 spiro atoms. The molecule has 1 fully saturated rings. The van der Waals surface area contributed by atoms with Gasteiger partial charge >= 0.3 is 5.97 Å². The van der Waals surface area contributed by atoms with Crippen molar-refractivity contribution < 1.29 is 22.7 Å². The summed E-state index contributed by atoms with van der Waals surface area (Å²) in [6, 6.07) is 8.58. The third-order valence-corrected chi connectivity index (χ3v) is 7.92. The second-order valence-electron chi connectivity index (χ2n) is 7.65. The zero-order valence-corrected chi connectivity index (χ0v) is 19.3. The van der Waals surface area contributed by atoms with E-state index in [-0.39, 0.29) is 23.8 Å². The van der Waals surface area contributed by atoms with Crippen molar-refractivity contribution in [3.63, 3.8) is 0 Å². The quantitative estimate of drug-likeness (QED) is 0.533. The van der Waals surface area contributed by atoms with Gasteiger partial charge in [0, 0.05) is 33.1 Å². The zero-order chi connectivity index (χ0) is 22.3. The van der Waals surface area contributed by atoms with Crippen molar-refractivity contribution in [3.05, 3.63) is 52.2 Å². The fraction of sp³-hybridized carbons (Fsp3) is 0.455. The summed E-state index contributed by atoms with van der Waals surface area (Å²) in [5, 5.41) is 3.92. The lowest BCUT2D eigenvalue weighted by Gasteiger charge is -2.25. The standard InChI is InChI=1S/C22H28N2O5S2/c1-23(15-19-11-14-30-17-19)21(25)16-29-22(26)10-7-18-5-8-20(9-6-18)31(27,28)24-12-3-2-4-13-24/h5-6,8-9,11,14,17H,2-4,7,10,12-13,15-16H2,1H3. The van der Waals surface area contributed by atoms with E-state index in [0.717, 1.165) is 30.4 Å². The van der Waals surface area contributed by atoms with Gasteiger partial charge in [0.25, 0.3) is 5.91 Å².